The van der Waals surface area contributed by atoms with Crippen molar-refractivity contribution in [3.05, 3.63) is 58.9 Å². The van der Waals surface area contributed by atoms with Crippen molar-refractivity contribution in [1.82, 2.24) is 14.8 Å². The predicted molar refractivity (Wildman–Crippen MR) is 99.3 cm³/mol. The van der Waals surface area contributed by atoms with Gasteiger partial charge < -0.3 is 10.1 Å². The van der Waals surface area contributed by atoms with Crippen LogP contribution in [0.1, 0.15) is 5.56 Å². The van der Waals surface area contributed by atoms with Gasteiger partial charge in [0.2, 0.25) is 5.91 Å². The number of aromatic nitrogens is 3. The smallest absolute Gasteiger partial charge is 0.387 e. The second-order valence-electron chi connectivity index (χ2n) is 5.73. The number of H-pyrrole nitrogens is 1. The highest BCUT2D eigenvalue weighted by atomic mass is 32.1. The molecule has 3 rings (SSSR count). The largest absolute Gasteiger partial charge is 0.433 e. The number of carbonyl (C=O) groups excluding carboxylic acids is 1. The number of hydrogen-bond acceptors (Lipinski definition) is 4. The highest BCUT2D eigenvalue weighted by Crippen LogP contribution is 2.25. The highest BCUT2D eigenvalue weighted by molar-refractivity contribution is 7.71. The maximum atomic E-state index is 12.5. The molecule has 0 saturated heterocycles. The summed E-state index contributed by atoms with van der Waals surface area (Å²) in [6, 6.07) is 13.6. The van der Waals surface area contributed by atoms with E-state index in [1.54, 1.807) is 6.07 Å². The van der Waals surface area contributed by atoms with E-state index in [1.165, 1.54) is 22.8 Å². The molecule has 6 nitrogen and oxygen atoms in total. The van der Waals surface area contributed by atoms with Crippen molar-refractivity contribution in [3.63, 3.8) is 0 Å². The van der Waals surface area contributed by atoms with Crippen LogP contribution >= 0.6 is 12.2 Å². The summed E-state index contributed by atoms with van der Waals surface area (Å²) in [6.45, 7) is -1.16. The van der Waals surface area contributed by atoms with Crippen molar-refractivity contribution in [1.29, 1.82) is 0 Å². The van der Waals surface area contributed by atoms with Gasteiger partial charge in [-0.15, -0.1) is 0 Å². The minimum Gasteiger partial charge on any atom is -0.433 e. The lowest BCUT2D eigenvalue weighted by Gasteiger charge is -2.12. The molecule has 9 heteroatoms. The standard InChI is InChI=1S/C18H16F2N4O2S/c1-11-6-8-12(9-7-11)16-22-23-18(27)24(16)10-15(25)21-13-4-2-3-5-14(13)26-17(19)20/h2-9,17H,10H2,1H3,(H,21,25)(H,23,27). The van der Waals surface area contributed by atoms with E-state index in [1.807, 2.05) is 31.2 Å². The van der Waals surface area contributed by atoms with Crippen LogP contribution < -0.4 is 10.1 Å². The number of anilines is 1. The Morgan fingerprint density at radius 2 is 1.96 bits per heavy atom. The molecule has 0 aliphatic heterocycles. The van der Waals surface area contributed by atoms with Crippen LogP contribution in [0.3, 0.4) is 0 Å². The molecule has 0 atom stereocenters. The number of nitrogens with zero attached hydrogens (tertiary/aromatic N) is 2. The van der Waals surface area contributed by atoms with Crippen LogP contribution in [-0.2, 0) is 11.3 Å². The molecule has 0 aliphatic rings. The van der Waals surface area contributed by atoms with Gasteiger partial charge in [-0.3, -0.25) is 14.5 Å². The first-order valence-electron chi connectivity index (χ1n) is 8.00. The van der Waals surface area contributed by atoms with Crippen molar-refractivity contribution in [3.8, 4) is 17.1 Å². The Labute approximate surface area is 158 Å². The molecule has 0 spiro atoms. The molecule has 1 heterocycles. The number of aryl methyl sites for hydroxylation is 1. The van der Waals surface area contributed by atoms with Crippen molar-refractivity contribution < 1.29 is 18.3 Å². The summed E-state index contributed by atoms with van der Waals surface area (Å²) in [5.74, 6) is -0.0613. The Morgan fingerprint density at radius 3 is 2.67 bits per heavy atom. The number of alkyl halides is 2. The van der Waals surface area contributed by atoms with E-state index in [0.717, 1.165) is 11.1 Å². The third-order valence-electron chi connectivity index (χ3n) is 3.75. The number of carbonyl (C=O) groups is 1. The van der Waals surface area contributed by atoms with Gasteiger partial charge in [0.25, 0.3) is 0 Å². The van der Waals surface area contributed by atoms with E-state index < -0.39 is 12.5 Å². The monoisotopic (exact) mass is 390 g/mol. The Bertz CT molecular complexity index is 999. The molecule has 0 saturated carbocycles. The van der Waals surface area contributed by atoms with Crippen LogP contribution in [0, 0.1) is 11.7 Å². The minimum atomic E-state index is -2.99. The van der Waals surface area contributed by atoms with Crippen LogP contribution in [0.5, 0.6) is 5.75 Å². The quantitative estimate of drug-likeness (QED) is 0.620. The lowest BCUT2D eigenvalue weighted by Crippen LogP contribution is -2.20. The number of halogens is 2. The number of benzene rings is 2. The van der Waals surface area contributed by atoms with Gasteiger partial charge in [-0.25, -0.2) is 0 Å². The molecule has 0 bridgehead atoms. The predicted octanol–water partition coefficient (Wildman–Crippen LogP) is 4.16. The number of para-hydroxylation sites is 2. The highest BCUT2D eigenvalue weighted by Gasteiger charge is 2.15. The average Bonchev–Trinajstić information content (AvgIpc) is 2.97. The van der Waals surface area contributed by atoms with E-state index in [-0.39, 0.29) is 22.8 Å². The SMILES string of the molecule is Cc1ccc(-c2n[nH]c(=S)n2CC(=O)Nc2ccccc2OC(F)F)cc1. The Balaban J connectivity index is 1.81. The lowest BCUT2D eigenvalue weighted by molar-refractivity contribution is -0.116. The van der Waals surface area contributed by atoms with Gasteiger partial charge >= 0.3 is 6.61 Å². The Kier molecular flexibility index (Phi) is 5.60. The first-order chi connectivity index (χ1) is 12.9. The summed E-state index contributed by atoms with van der Waals surface area (Å²) in [5, 5.41) is 9.41. The molecular weight excluding hydrogens is 374 g/mol. The Morgan fingerprint density at radius 1 is 1.26 bits per heavy atom. The van der Waals surface area contributed by atoms with Crippen LogP contribution in [0.2, 0.25) is 0 Å². The molecule has 140 valence electrons. The molecule has 0 radical (unpaired) electrons. The molecule has 2 N–H and O–H groups in total. The van der Waals surface area contributed by atoms with Crippen molar-refractivity contribution >= 4 is 23.8 Å². The topological polar surface area (TPSA) is 71.9 Å². The van der Waals surface area contributed by atoms with Crippen LogP contribution in [0.4, 0.5) is 14.5 Å². The molecule has 0 unspecified atom stereocenters. The minimum absolute atomic E-state index is 0.115. The summed E-state index contributed by atoms with van der Waals surface area (Å²) in [4.78, 5) is 12.4. The summed E-state index contributed by atoms with van der Waals surface area (Å²) >= 11 is 5.21. The molecular formula is C18H16F2N4O2S. The van der Waals surface area contributed by atoms with Crippen LogP contribution in [0.15, 0.2) is 48.5 Å². The zero-order valence-electron chi connectivity index (χ0n) is 14.3. The number of hydrogen-bond donors (Lipinski definition) is 2. The van der Waals surface area contributed by atoms with Gasteiger partial charge in [0.15, 0.2) is 10.6 Å². The van der Waals surface area contributed by atoms with Gasteiger partial charge in [0.05, 0.1) is 5.69 Å². The maximum Gasteiger partial charge on any atom is 0.387 e. The zero-order valence-corrected chi connectivity index (χ0v) is 15.1. The molecule has 0 aliphatic carbocycles. The second kappa shape index (κ2) is 8.09. The van der Waals surface area contributed by atoms with Crippen molar-refractivity contribution in [2.24, 2.45) is 0 Å². The summed E-state index contributed by atoms with van der Waals surface area (Å²) in [5.41, 5.74) is 2.03. The number of rotatable bonds is 6. The fourth-order valence-electron chi connectivity index (χ4n) is 2.49. The van der Waals surface area contributed by atoms with E-state index in [0.29, 0.717) is 5.82 Å². The van der Waals surface area contributed by atoms with Crippen molar-refractivity contribution in [2.75, 3.05) is 5.32 Å². The molecule has 0 fully saturated rings. The summed E-state index contributed by atoms with van der Waals surface area (Å²) in [6.07, 6.45) is 0. The van der Waals surface area contributed by atoms with E-state index in [2.05, 4.69) is 20.3 Å². The fourth-order valence-corrected chi connectivity index (χ4v) is 2.69. The lowest BCUT2D eigenvalue weighted by atomic mass is 10.1. The Hall–Kier alpha value is -3.07. The van der Waals surface area contributed by atoms with Gasteiger partial charge in [-0.2, -0.15) is 13.9 Å². The van der Waals surface area contributed by atoms with E-state index >= 15 is 0 Å². The maximum absolute atomic E-state index is 12.5. The molecule has 1 amide bonds. The molecule has 3 aromatic rings. The molecule has 2 aromatic carbocycles. The number of amides is 1. The fraction of sp³-hybridized carbons (Fsp3) is 0.167. The average molecular weight is 390 g/mol. The van der Waals surface area contributed by atoms with Crippen LogP contribution in [0.25, 0.3) is 11.4 Å². The second-order valence-corrected chi connectivity index (χ2v) is 6.11. The number of ether oxygens (including phenoxy) is 1. The van der Waals surface area contributed by atoms with Gasteiger partial charge in [-0.1, -0.05) is 42.0 Å². The van der Waals surface area contributed by atoms with E-state index in [9.17, 15) is 13.6 Å². The third-order valence-corrected chi connectivity index (χ3v) is 4.06. The molecule has 27 heavy (non-hydrogen) atoms. The first-order valence-corrected chi connectivity index (χ1v) is 8.41. The van der Waals surface area contributed by atoms with Gasteiger partial charge in [0, 0.05) is 5.56 Å². The summed E-state index contributed by atoms with van der Waals surface area (Å²) < 4.78 is 31.2. The van der Waals surface area contributed by atoms with Crippen LogP contribution in [-0.4, -0.2) is 27.3 Å². The number of nitrogens with one attached hydrogen (secondary N) is 2. The normalized spacial score (nSPS) is 10.8. The third kappa shape index (κ3) is 4.56. The zero-order chi connectivity index (χ0) is 19.4. The van der Waals surface area contributed by atoms with Gasteiger partial charge in [-0.05, 0) is 31.3 Å². The molecule has 1 aromatic heterocycles. The van der Waals surface area contributed by atoms with E-state index in [4.69, 9.17) is 12.2 Å². The van der Waals surface area contributed by atoms with Crippen molar-refractivity contribution in [2.45, 2.75) is 20.1 Å². The summed E-state index contributed by atoms with van der Waals surface area (Å²) in [7, 11) is 0. The number of aromatic amines is 1. The van der Waals surface area contributed by atoms with Gasteiger partial charge in [0.1, 0.15) is 12.3 Å². The first kappa shape index (κ1) is 18.7.